The summed E-state index contributed by atoms with van der Waals surface area (Å²) in [5.41, 5.74) is 2.91. The molecule has 6 heteroatoms. The van der Waals surface area contributed by atoms with E-state index in [2.05, 4.69) is 10.4 Å². The monoisotopic (exact) mass is 303 g/mol. The van der Waals surface area contributed by atoms with Gasteiger partial charge in [-0.1, -0.05) is 12.2 Å². The van der Waals surface area contributed by atoms with Crippen LogP contribution < -0.4 is 5.32 Å². The molecular formula is C16H21N3O3. The predicted molar refractivity (Wildman–Crippen MR) is 79.9 cm³/mol. The Bertz CT molecular complexity index is 662. The molecule has 1 amide bonds. The first-order valence-electron chi connectivity index (χ1n) is 7.58. The third-order valence-electron chi connectivity index (χ3n) is 5.15. The van der Waals surface area contributed by atoms with E-state index in [4.69, 9.17) is 0 Å². The number of hydrogen-bond acceptors (Lipinski definition) is 3. The minimum Gasteiger partial charge on any atom is -0.481 e. The second kappa shape index (κ2) is 5.26. The summed E-state index contributed by atoms with van der Waals surface area (Å²) in [5.74, 6) is -2.02. The summed E-state index contributed by atoms with van der Waals surface area (Å²) in [4.78, 5) is 24.0. The highest BCUT2D eigenvalue weighted by molar-refractivity contribution is 5.86. The summed E-state index contributed by atoms with van der Waals surface area (Å²) in [6.07, 6.45) is 4.72. The molecule has 2 aliphatic carbocycles. The Kier molecular flexibility index (Phi) is 3.54. The topological polar surface area (TPSA) is 84.2 Å². The highest BCUT2D eigenvalue weighted by Crippen LogP contribution is 2.48. The van der Waals surface area contributed by atoms with Crippen LogP contribution in [0.5, 0.6) is 0 Å². The number of carbonyl (C=O) groups excluding carboxylic acids is 1. The fourth-order valence-corrected chi connectivity index (χ4v) is 3.88. The van der Waals surface area contributed by atoms with Crippen molar-refractivity contribution in [3.8, 4) is 0 Å². The van der Waals surface area contributed by atoms with Crippen LogP contribution in [0.4, 0.5) is 0 Å². The fraction of sp³-hybridized carbons (Fsp3) is 0.562. The van der Waals surface area contributed by atoms with E-state index >= 15 is 0 Å². The molecule has 0 saturated heterocycles. The number of carbonyl (C=O) groups is 2. The molecule has 2 bridgehead atoms. The number of nitrogens with one attached hydrogen (secondary N) is 1. The van der Waals surface area contributed by atoms with Gasteiger partial charge < -0.3 is 10.4 Å². The lowest BCUT2D eigenvalue weighted by Gasteiger charge is -2.23. The lowest BCUT2D eigenvalue weighted by atomic mass is 9.82. The van der Waals surface area contributed by atoms with Gasteiger partial charge in [-0.15, -0.1) is 0 Å². The van der Waals surface area contributed by atoms with Gasteiger partial charge in [0.2, 0.25) is 5.91 Å². The molecule has 2 N–H and O–H groups in total. The van der Waals surface area contributed by atoms with Crippen molar-refractivity contribution in [1.29, 1.82) is 0 Å². The van der Waals surface area contributed by atoms with E-state index in [0.717, 1.165) is 23.4 Å². The van der Waals surface area contributed by atoms with Gasteiger partial charge >= 0.3 is 5.97 Å². The van der Waals surface area contributed by atoms with Crippen LogP contribution in [-0.2, 0) is 23.2 Å². The number of aliphatic carboxylic acids is 1. The van der Waals surface area contributed by atoms with Crippen molar-refractivity contribution in [3.63, 3.8) is 0 Å². The van der Waals surface area contributed by atoms with E-state index in [1.807, 2.05) is 33.0 Å². The quantitative estimate of drug-likeness (QED) is 0.818. The second-order valence-electron chi connectivity index (χ2n) is 6.33. The molecule has 0 spiro atoms. The fourth-order valence-electron chi connectivity index (χ4n) is 3.88. The molecule has 1 saturated carbocycles. The van der Waals surface area contributed by atoms with Gasteiger partial charge in [0.05, 0.1) is 17.5 Å². The molecule has 3 rings (SSSR count). The standard InChI is InChI=1S/C16H21N3O3/c1-8-12(9(2)19(3)18-8)7-17-15(20)13-10-4-5-11(6-10)14(13)16(21)22/h4-5,10-11,13-14H,6-7H2,1-3H3,(H,17,20)(H,21,22)/t10-,11+,13-,14+/m1/s1. The lowest BCUT2D eigenvalue weighted by molar-refractivity contribution is -0.147. The van der Waals surface area contributed by atoms with Gasteiger partial charge in [0.25, 0.3) is 0 Å². The summed E-state index contributed by atoms with van der Waals surface area (Å²) in [6, 6.07) is 0. The van der Waals surface area contributed by atoms with Crippen molar-refractivity contribution >= 4 is 11.9 Å². The van der Waals surface area contributed by atoms with E-state index in [-0.39, 0.29) is 17.7 Å². The molecule has 1 aromatic heterocycles. The summed E-state index contributed by atoms with van der Waals surface area (Å²) in [5, 5.41) is 16.6. The summed E-state index contributed by atoms with van der Waals surface area (Å²) < 4.78 is 1.79. The van der Waals surface area contributed by atoms with Crippen LogP contribution in [0.3, 0.4) is 0 Å². The number of allylic oxidation sites excluding steroid dienone is 2. The van der Waals surface area contributed by atoms with Gasteiger partial charge in [0.15, 0.2) is 0 Å². The van der Waals surface area contributed by atoms with E-state index in [1.54, 1.807) is 4.68 Å². The first kappa shape index (κ1) is 14.8. The number of carboxylic acids is 1. The van der Waals surface area contributed by atoms with E-state index in [9.17, 15) is 14.7 Å². The van der Waals surface area contributed by atoms with Crippen LogP contribution >= 0.6 is 0 Å². The van der Waals surface area contributed by atoms with Crippen LogP contribution in [0.25, 0.3) is 0 Å². The number of aryl methyl sites for hydroxylation is 2. The maximum atomic E-state index is 12.5. The summed E-state index contributed by atoms with van der Waals surface area (Å²) in [7, 11) is 1.87. The molecule has 1 heterocycles. The number of amides is 1. The molecule has 22 heavy (non-hydrogen) atoms. The molecule has 6 nitrogen and oxygen atoms in total. The average Bonchev–Trinajstić information content (AvgIpc) is 3.12. The van der Waals surface area contributed by atoms with Crippen LogP contribution in [-0.4, -0.2) is 26.8 Å². The Balaban J connectivity index is 1.72. The SMILES string of the molecule is Cc1nn(C)c(C)c1CNC(=O)[C@H]1[C@@H](C(=O)O)[C@H]2C=C[C@@H]1C2. The zero-order chi connectivity index (χ0) is 16.0. The zero-order valence-electron chi connectivity index (χ0n) is 13.0. The highest BCUT2D eigenvalue weighted by Gasteiger charge is 2.51. The molecular weight excluding hydrogens is 282 g/mol. The van der Waals surface area contributed by atoms with Crippen LogP contribution in [0, 0.1) is 37.5 Å². The third-order valence-corrected chi connectivity index (χ3v) is 5.15. The molecule has 0 radical (unpaired) electrons. The van der Waals surface area contributed by atoms with Gasteiger partial charge in [0.1, 0.15) is 0 Å². The van der Waals surface area contributed by atoms with Crippen LogP contribution in [0.15, 0.2) is 12.2 Å². The first-order chi connectivity index (χ1) is 10.4. The lowest BCUT2D eigenvalue weighted by Crippen LogP contribution is -2.40. The third kappa shape index (κ3) is 2.23. The van der Waals surface area contributed by atoms with E-state index < -0.39 is 17.8 Å². The van der Waals surface area contributed by atoms with Gasteiger partial charge in [0, 0.05) is 24.8 Å². The minimum atomic E-state index is -0.870. The second-order valence-corrected chi connectivity index (χ2v) is 6.33. The molecule has 4 atom stereocenters. The van der Waals surface area contributed by atoms with E-state index in [1.165, 1.54) is 0 Å². The number of fused-ring (bicyclic) bond motifs is 2. The number of rotatable bonds is 4. The molecule has 118 valence electrons. The van der Waals surface area contributed by atoms with Crippen molar-refractivity contribution in [2.75, 3.05) is 0 Å². The van der Waals surface area contributed by atoms with Crippen LogP contribution in [0.2, 0.25) is 0 Å². The molecule has 2 aliphatic rings. The molecule has 0 aliphatic heterocycles. The first-order valence-corrected chi connectivity index (χ1v) is 7.58. The summed E-state index contributed by atoms with van der Waals surface area (Å²) >= 11 is 0. The average molecular weight is 303 g/mol. The molecule has 0 unspecified atom stereocenters. The number of aromatic nitrogens is 2. The normalized spacial score (nSPS) is 29.0. The molecule has 1 aromatic rings. The van der Waals surface area contributed by atoms with Crippen molar-refractivity contribution in [2.24, 2.45) is 30.7 Å². The van der Waals surface area contributed by atoms with Crippen molar-refractivity contribution < 1.29 is 14.7 Å². The summed E-state index contributed by atoms with van der Waals surface area (Å²) in [6.45, 7) is 4.27. The molecule has 1 fully saturated rings. The van der Waals surface area contributed by atoms with E-state index in [0.29, 0.717) is 6.54 Å². The number of nitrogens with zero attached hydrogens (tertiary/aromatic N) is 2. The van der Waals surface area contributed by atoms with Crippen molar-refractivity contribution in [2.45, 2.75) is 26.8 Å². The van der Waals surface area contributed by atoms with Gasteiger partial charge in [-0.3, -0.25) is 14.3 Å². The Morgan fingerprint density at radius 1 is 1.32 bits per heavy atom. The number of hydrogen-bond donors (Lipinski definition) is 2. The van der Waals surface area contributed by atoms with Gasteiger partial charge in [-0.25, -0.2) is 0 Å². The van der Waals surface area contributed by atoms with Crippen molar-refractivity contribution in [3.05, 3.63) is 29.1 Å². The van der Waals surface area contributed by atoms with Crippen LogP contribution in [0.1, 0.15) is 23.4 Å². The zero-order valence-corrected chi connectivity index (χ0v) is 13.0. The minimum absolute atomic E-state index is 0.000106. The molecule has 0 aromatic carbocycles. The Morgan fingerprint density at radius 2 is 1.95 bits per heavy atom. The smallest absolute Gasteiger partial charge is 0.307 e. The maximum absolute atomic E-state index is 12.5. The Hall–Kier alpha value is -2.11. The van der Waals surface area contributed by atoms with Crippen molar-refractivity contribution in [1.82, 2.24) is 15.1 Å². The Labute approximate surface area is 129 Å². The largest absolute Gasteiger partial charge is 0.481 e. The predicted octanol–water partition coefficient (Wildman–Crippen LogP) is 1.18. The number of carboxylic acid groups (broad SMARTS) is 1. The van der Waals surface area contributed by atoms with Gasteiger partial charge in [-0.05, 0) is 32.1 Å². The highest BCUT2D eigenvalue weighted by atomic mass is 16.4. The Morgan fingerprint density at radius 3 is 2.50 bits per heavy atom. The maximum Gasteiger partial charge on any atom is 0.307 e. The van der Waals surface area contributed by atoms with Gasteiger partial charge in [-0.2, -0.15) is 5.10 Å².